The number of azo groups is 2. The van der Waals surface area contributed by atoms with Crippen molar-refractivity contribution in [3.05, 3.63) is 89.0 Å². The van der Waals surface area contributed by atoms with Crippen LogP contribution in [0.25, 0.3) is 23.3 Å². The van der Waals surface area contributed by atoms with Crippen molar-refractivity contribution in [2.45, 2.75) is 63.0 Å². The minimum Gasteiger partial charge on any atom is -0.844 e. The molecule has 0 aliphatic heterocycles. The predicted octanol–water partition coefficient (Wildman–Crippen LogP) is -13.6. The average Bonchev–Trinajstić information content (AvgIpc) is 4.01. The molecule has 0 aliphatic rings. The summed E-state index contributed by atoms with van der Waals surface area (Å²) >= 11 is -2.61. The van der Waals surface area contributed by atoms with Gasteiger partial charge >= 0.3 is 257 Å². The molecule has 5 heterocycles. The Kier molecular flexibility index (Phi) is 26.3. The minimum atomic E-state index is -4.00. The largest absolute Gasteiger partial charge is 1.00 e. The van der Waals surface area contributed by atoms with E-state index in [0.717, 1.165) is 37.2 Å². The summed E-state index contributed by atoms with van der Waals surface area (Å²) in [5.41, 5.74) is 11.6. The van der Waals surface area contributed by atoms with Gasteiger partial charge in [-0.25, -0.2) is 18.4 Å². The van der Waals surface area contributed by atoms with E-state index in [4.69, 9.17) is 11.5 Å². The molecule has 0 radical (unpaired) electrons. The molecular formula is C39H35K5N17O9S2-. The van der Waals surface area contributed by atoms with Gasteiger partial charge in [-0.2, -0.15) is 71.1 Å². The van der Waals surface area contributed by atoms with Crippen molar-refractivity contribution in [2.24, 2.45) is 20.5 Å². The van der Waals surface area contributed by atoms with E-state index >= 15 is 0 Å². The van der Waals surface area contributed by atoms with Crippen LogP contribution in [0.4, 0.5) is 34.6 Å². The summed E-state index contributed by atoms with van der Waals surface area (Å²) < 4.78 is 53.5. The Hall–Kier alpha value is 0.0718. The third-order valence-corrected chi connectivity index (χ3v) is 11.0. The van der Waals surface area contributed by atoms with Gasteiger partial charge in [0.15, 0.2) is 44.5 Å². The molecule has 7 aromatic rings. The van der Waals surface area contributed by atoms with Crippen LogP contribution in [0, 0.1) is 12.1 Å². The zero-order valence-electron chi connectivity index (χ0n) is 41.2. The molecule has 0 amide bonds. The van der Waals surface area contributed by atoms with Gasteiger partial charge in [-0.05, 0) is 11.4 Å². The molecule has 2 aromatic carbocycles. The van der Waals surface area contributed by atoms with Crippen molar-refractivity contribution >= 4 is 67.5 Å². The second-order valence-corrected chi connectivity index (χ2v) is 19.4. The number of anilines is 2. The van der Waals surface area contributed by atoms with Gasteiger partial charge in [0.05, 0.1) is 29.8 Å². The van der Waals surface area contributed by atoms with Crippen LogP contribution in [0.1, 0.15) is 79.2 Å². The molecule has 0 saturated carbocycles. The molecule has 0 bridgehead atoms. The number of carbonyl (C=O) groups is 2. The fourth-order valence-electron chi connectivity index (χ4n) is 6.25. The number of aromatic carboxylic acids is 2. The number of hydrogen-bond acceptors (Lipinski definition) is 22. The van der Waals surface area contributed by atoms with Crippen molar-refractivity contribution in [1.29, 1.82) is 0 Å². The number of hydrogen-bond donors (Lipinski definition) is 2. The monoisotopic (exact) mass is 1140 g/mol. The number of nitrogen functional groups attached to an aromatic ring is 2. The second kappa shape index (κ2) is 27.8. The van der Waals surface area contributed by atoms with Gasteiger partial charge in [-0.15, -0.1) is 43.7 Å². The van der Waals surface area contributed by atoms with Gasteiger partial charge in [0.2, 0.25) is 0 Å². The maximum absolute atomic E-state index is 13.2. The van der Waals surface area contributed by atoms with E-state index in [1.165, 1.54) is 36.5 Å². The van der Waals surface area contributed by atoms with Gasteiger partial charge < -0.3 is 40.9 Å². The SMILES string of the molecule is CC(C)(C)c1nn(-c2nc([O-])nc(-n3nc(C(C)(C)C)c(N=Nc4c(S(C)(=O)=O)cnn4-c4c[c-]cc(C(=O)[O-])c4)c3N)n2)c(N)c1N=Nc1c(CS(=O)[O-])cnn1-c1c[c-]cc(C(=O)[O-])c1.[K+].[K+].[K+].[K+].[K+]. The van der Waals surface area contributed by atoms with Crippen LogP contribution in [0.3, 0.4) is 0 Å². The summed E-state index contributed by atoms with van der Waals surface area (Å²) in [7, 11) is -4.00. The first-order chi connectivity index (χ1) is 31.3. The zero-order valence-corrected chi connectivity index (χ0v) is 58.4. The van der Waals surface area contributed by atoms with Crippen LogP contribution in [-0.4, -0.2) is 89.4 Å². The predicted molar refractivity (Wildman–Crippen MR) is 227 cm³/mol. The fraction of sp³-hybridized carbons (Fsp3) is 0.256. The third-order valence-electron chi connectivity index (χ3n) is 9.38. The normalized spacial score (nSPS) is 12.1. The summed E-state index contributed by atoms with van der Waals surface area (Å²) in [6.45, 7) is 10.6. The first-order valence-corrected chi connectivity index (χ1v) is 22.4. The Morgan fingerprint density at radius 2 is 1.10 bits per heavy atom. The number of benzene rings is 2. The van der Waals surface area contributed by atoms with Gasteiger partial charge in [0.25, 0.3) is 11.9 Å². The second-order valence-electron chi connectivity index (χ2n) is 16.5. The van der Waals surface area contributed by atoms with Gasteiger partial charge in [-0.3, -0.25) is 13.6 Å². The Morgan fingerprint density at radius 1 is 0.681 bits per heavy atom. The van der Waals surface area contributed by atoms with Crippen LogP contribution in [0.2, 0.25) is 0 Å². The van der Waals surface area contributed by atoms with Gasteiger partial charge in [0.1, 0.15) is 4.90 Å². The number of nitrogens with two attached hydrogens (primary N) is 2. The summed E-state index contributed by atoms with van der Waals surface area (Å²) in [6, 6.07) is 11.7. The van der Waals surface area contributed by atoms with Crippen molar-refractivity contribution < 1.29 is 299 Å². The summed E-state index contributed by atoms with van der Waals surface area (Å²) in [4.78, 5) is 35.1. The molecule has 348 valence electrons. The van der Waals surface area contributed by atoms with Crippen LogP contribution in [-0.2, 0) is 37.5 Å². The summed E-state index contributed by atoms with van der Waals surface area (Å²) in [5.74, 6) is -5.34. The van der Waals surface area contributed by atoms with Crippen LogP contribution in [0.15, 0.2) is 74.1 Å². The Morgan fingerprint density at radius 3 is 1.50 bits per heavy atom. The first-order valence-electron chi connectivity index (χ1n) is 19.2. The summed E-state index contributed by atoms with van der Waals surface area (Å²) in [5, 5.41) is 71.1. The molecule has 0 saturated heterocycles. The number of carboxylic acids is 2. The number of nitrogens with zero attached hydrogens (tertiary/aromatic N) is 15. The molecule has 33 heteroatoms. The maximum Gasteiger partial charge on any atom is 1.00 e. The summed E-state index contributed by atoms with van der Waals surface area (Å²) in [6.07, 6.45) is 3.15. The molecule has 72 heavy (non-hydrogen) atoms. The maximum atomic E-state index is 13.2. The van der Waals surface area contributed by atoms with Crippen LogP contribution in [0.5, 0.6) is 6.01 Å². The first kappa shape index (κ1) is 68.2. The quantitative estimate of drug-likeness (QED) is 0.0468. The average molecular weight is 1150 g/mol. The molecule has 1 unspecified atom stereocenters. The third kappa shape index (κ3) is 15.7. The van der Waals surface area contributed by atoms with E-state index in [-0.39, 0.29) is 336 Å². The Bertz CT molecular complexity index is 3350. The zero-order chi connectivity index (χ0) is 48.9. The van der Waals surface area contributed by atoms with E-state index in [2.05, 4.69) is 67.9 Å². The van der Waals surface area contributed by atoms with E-state index in [1.807, 2.05) is 0 Å². The Balaban J connectivity index is 0.00000355. The van der Waals surface area contributed by atoms with Crippen LogP contribution < -0.4 is 284 Å². The minimum absolute atomic E-state index is 0. The number of sulfone groups is 1. The molecule has 1 atom stereocenters. The molecule has 5 aromatic heterocycles. The molecule has 0 fully saturated rings. The van der Waals surface area contributed by atoms with E-state index in [9.17, 15) is 42.1 Å². The molecule has 7 rings (SSSR count). The standard InChI is InChI=1S/C39H39N17O9S2.5K/c1-38(2,3)27-25(47-49-31-21(18-66(62)63)16-42-53(31)22-12-8-10-19(14-22)33(57)58)29(40)55(51-27)35-44-36(46-37(61)45-35)56-30(41)26(28(52-56)39(4,5)6)48-50-32-24(67(7,64)65)17-43-54(32)23-13-9-11-20(15-23)34(59)60;;;;;/h10-17H,18,40-41H2,1-7H3,(H,57,58)(H,59,60)(H,62,63)(H,44,45,46,61);;;;;/q-2;5*+1/p-4. The Labute approximate surface area is 626 Å². The van der Waals surface area contributed by atoms with E-state index in [0.29, 0.717) is 0 Å². The van der Waals surface area contributed by atoms with E-state index < -0.39 is 67.3 Å². The molecule has 26 nitrogen and oxygen atoms in total. The van der Waals surface area contributed by atoms with Crippen molar-refractivity contribution in [3.8, 4) is 29.3 Å². The molecule has 0 spiro atoms. The molecule has 4 N–H and O–H groups in total. The number of rotatable bonds is 13. The van der Waals surface area contributed by atoms with Crippen molar-refractivity contribution in [3.63, 3.8) is 0 Å². The number of carbonyl (C=O) groups excluding carboxylic acids is 2. The topological polar surface area (TPSA) is 389 Å². The number of carboxylic acid groups (broad SMARTS) is 2. The van der Waals surface area contributed by atoms with Crippen molar-refractivity contribution in [2.75, 3.05) is 17.7 Å². The van der Waals surface area contributed by atoms with Gasteiger partial charge in [0, 0.05) is 40.3 Å². The fourth-order valence-corrected chi connectivity index (χ4v) is 7.40. The van der Waals surface area contributed by atoms with Gasteiger partial charge in [-0.1, -0.05) is 52.6 Å². The smallest absolute Gasteiger partial charge is 0.844 e. The van der Waals surface area contributed by atoms with Crippen LogP contribution >= 0.6 is 0 Å². The van der Waals surface area contributed by atoms with E-state index in [1.54, 1.807) is 41.5 Å². The number of aromatic nitrogens is 11. The molecule has 0 aliphatic carbocycles. The van der Waals surface area contributed by atoms with Crippen molar-refractivity contribution in [1.82, 2.24) is 54.1 Å². The molecular weight excluding hydrogens is 1110 g/mol.